The maximum Gasteiger partial charge on any atom is 0.379 e. The van der Waals surface area contributed by atoms with Gasteiger partial charge in [-0.2, -0.15) is 13.2 Å². The molecule has 1 aliphatic heterocycles. The lowest BCUT2D eigenvalue weighted by Gasteiger charge is -2.34. The average molecular weight is 242 g/mol. The van der Waals surface area contributed by atoms with Crippen molar-refractivity contribution in [2.45, 2.75) is 33.4 Å². The zero-order chi connectivity index (χ0) is 12.6. The summed E-state index contributed by atoms with van der Waals surface area (Å²) in [6.07, 6.45) is 2.77. The molecule has 16 heavy (non-hydrogen) atoms. The van der Waals surface area contributed by atoms with Gasteiger partial charge in [0.15, 0.2) is 6.73 Å². The molecule has 1 aliphatic rings. The topological polar surface area (TPSA) is 9.23 Å². The van der Waals surface area contributed by atoms with Crippen LogP contribution in [0.5, 0.6) is 0 Å². The number of hydrogen-bond donors (Lipinski definition) is 0. The number of hydrogen-bond acceptors (Lipinski definition) is 1. The fourth-order valence-electron chi connectivity index (χ4n) is 2.42. The summed E-state index contributed by atoms with van der Waals surface area (Å²) in [6.45, 7) is 5.78. The Morgan fingerprint density at radius 1 is 1.12 bits per heavy atom. The number of nitrogens with zero attached hydrogens (tertiary/aromatic N) is 1. The van der Waals surface area contributed by atoms with Crippen LogP contribution >= 0.6 is 0 Å². The number of likely N-dealkylation sites (tertiary alicyclic amines) is 1. The number of methoxy groups -OCH3 is 1. The number of alkyl halides is 3. The van der Waals surface area contributed by atoms with E-state index in [1.165, 1.54) is 37.0 Å². The van der Waals surface area contributed by atoms with Gasteiger partial charge in [-0.05, 0) is 0 Å². The van der Waals surface area contributed by atoms with Crippen molar-refractivity contribution in [3.8, 4) is 0 Å². The van der Waals surface area contributed by atoms with Crippen LogP contribution in [0.15, 0.2) is 0 Å². The Kier molecular flexibility index (Phi) is 7.76. The zero-order valence-electron chi connectivity index (χ0n) is 10.4. The summed E-state index contributed by atoms with van der Waals surface area (Å²) < 4.78 is 35.5. The molecule has 5 heteroatoms. The van der Waals surface area contributed by atoms with Gasteiger partial charge in [0.2, 0.25) is 0 Å². The second-order valence-corrected chi connectivity index (χ2v) is 4.74. The highest BCUT2D eigenvalue weighted by molar-refractivity contribution is 4.54. The van der Waals surface area contributed by atoms with Crippen molar-refractivity contribution < 1.29 is 22.4 Å². The Bertz CT molecular complexity index is 168. The van der Waals surface area contributed by atoms with Gasteiger partial charge in [-0.25, -0.2) is 0 Å². The minimum Gasteiger partial charge on any atom is -0.335 e. The van der Waals surface area contributed by atoms with E-state index in [0.29, 0.717) is 0 Å². The summed E-state index contributed by atoms with van der Waals surface area (Å²) in [5.41, 5.74) is 0. The third-order valence-electron chi connectivity index (χ3n) is 2.67. The monoisotopic (exact) mass is 242 g/mol. The lowest BCUT2D eigenvalue weighted by molar-refractivity contribution is -0.937. The minimum absolute atomic E-state index is 0.790. The zero-order valence-corrected chi connectivity index (χ0v) is 10.4. The first-order valence-corrected chi connectivity index (χ1v) is 5.68. The van der Waals surface area contributed by atoms with Gasteiger partial charge in [0, 0.05) is 25.9 Å². The number of ether oxygens (including phenoxy) is 1. The quantitative estimate of drug-likeness (QED) is 0.688. The number of rotatable bonds is 4. The first-order chi connectivity index (χ1) is 7.42. The smallest absolute Gasteiger partial charge is 0.335 e. The van der Waals surface area contributed by atoms with Crippen molar-refractivity contribution in [3.63, 3.8) is 0 Å². The summed E-state index contributed by atoms with van der Waals surface area (Å²) in [6, 6.07) is 0. The van der Waals surface area contributed by atoms with Crippen LogP contribution in [0, 0.1) is 5.92 Å². The lowest BCUT2D eigenvalue weighted by Crippen LogP contribution is -2.48. The summed E-state index contributed by atoms with van der Waals surface area (Å²) in [4.78, 5) is 0. The maximum absolute atomic E-state index is 9.67. The van der Waals surface area contributed by atoms with Crippen LogP contribution in [-0.4, -0.2) is 44.6 Å². The molecule has 0 aliphatic carbocycles. The summed E-state index contributed by atoms with van der Waals surface area (Å²) in [5, 5.41) is 0. The van der Waals surface area contributed by atoms with E-state index < -0.39 is 6.68 Å². The van der Waals surface area contributed by atoms with E-state index in [2.05, 4.69) is 13.8 Å². The minimum atomic E-state index is -3.67. The Morgan fingerprint density at radius 3 is 1.88 bits per heavy atom. The van der Waals surface area contributed by atoms with Gasteiger partial charge in [-0.3, -0.25) is 0 Å². The van der Waals surface area contributed by atoms with Crippen molar-refractivity contribution in [2.24, 2.45) is 5.92 Å². The molecule has 2 nitrogen and oxygen atoms in total. The predicted molar refractivity (Wildman–Crippen MR) is 57.9 cm³/mol. The Labute approximate surface area is 96.0 Å². The molecule has 0 amide bonds. The van der Waals surface area contributed by atoms with Gasteiger partial charge < -0.3 is 9.22 Å². The molecule has 0 N–H and O–H groups in total. The van der Waals surface area contributed by atoms with Gasteiger partial charge in [0.05, 0.1) is 19.6 Å². The molecule has 0 unspecified atom stereocenters. The summed E-state index contributed by atoms with van der Waals surface area (Å²) >= 11 is 0. The molecule has 1 rings (SSSR count). The molecule has 0 spiro atoms. The highest BCUT2D eigenvalue weighted by atomic mass is 19.4. The molecular formula is C11H23F3NO+. The van der Waals surface area contributed by atoms with Crippen LogP contribution in [-0.2, 0) is 4.74 Å². The molecule has 0 aromatic rings. The molecule has 1 saturated heterocycles. The standard InChI is InChI=1S/C10H22NO.CHF3/c1-10(2)8-11(9-12-3)6-4-5-7-11;2-1(3)4/h10H,4-9H2,1-3H3;1H/q+1;. The molecule has 0 aromatic carbocycles. The van der Waals surface area contributed by atoms with Gasteiger partial charge in [0.25, 0.3) is 0 Å². The van der Waals surface area contributed by atoms with E-state index >= 15 is 0 Å². The van der Waals surface area contributed by atoms with Crippen LogP contribution in [0.25, 0.3) is 0 Å². The van der Waals surface area contributed by atoms with Crippen LogP contribution in [0.1, 0.15) is 26.7 Å². The van der Waals surface area contributed by atoms with Crippen molar-refractivity contribution in [3.05, 3.63) is 0 Å². The second kappa shape index (κ2) is 7.90. The van der Waals surface area contributed by atoms with Crippen molar-refractivity contribution >= 4 is 0 Å². The Balaban J connectivity index is 0.000000487. The normalized spacial score (nSPS) is 18.8. The van der Waals surface area contributed by atoms with Crippen LogP contribution < -0.4 is 0 Å². The Morgan fingerprint density at radius 2 is 1.56 bits per heavy atom. The van der Waals surface area contributed by atoms with Crippen molar-refractivity contribution in [1.29, 1.82) is 0 Å². The van der Waals surface area contributed by atoms with E-state index in [-0.39, 0.29) is 0 Å². The fourth-order valence-corrected chi connectivity index (χ4v) is 2.42. The Hall–Kier alpha value is -0.290. The lowest BCUT2D eigenvalue weighted by atomic mass is 10.2. The molecule has 1 fully saturated rings. The molecule has 0 saturated carbocycles. The number of quaternary nitrogens is 1. The van der Waals surface area contributed by atoms with Gasteiger partial charge in [-0.15, -0.1) is 0 Å². The molecule has 98 valence electrons. The molecule has 0 radical (unpaired) electrons. The third kappa shape index (κ3) is 7.06. The average Bonchev–Trinajstić information content (AvgIpc) is 2.51. The van der Waals surface area contributed by atoms with Crippen molar-refractivity contribution in [1.82, 2.24) is 0 Å². The highest BCUT2D eigenvalue weighted by Crippen LogP contribution is 2.21. The van der Waals surface area contributed by atoms with Crippen molar-refractivity contribution in [2.75, 3.05) is 33.5 Å². The first-order valence-electron chi connectivity index (χ1n) is 5.68. The molecule has 0 aromatic heterocycles. The van der Waals surface area contributed by atoms with E-state index in [4.69, 9.17) is 4.74 Å². The van der Waals surface area contributed by atoms with E-state index in [1.54, 1.807) is 0 Å². The van der Waals surface area contributed by atoms with Gasteiger partial charge >= 0.3 is 6.68 Å². The van der Waals surface area contributed by atoms with E-state index in [9.17, 15) is 13.2 Å². The molecular weight excluding hydrogens is 219 g/mol. The van der Waals surface area contributed by atoms with Crippen LogP contribution in [0.3, 0.4) is 0 Å². The number of halogens is 3. The first kappa shape index (κ1) is 15.7. The van der Waals surface area contributed by atoms with Crippen LogP contribution in [0.2, 0.25) is 0 Å². The summed E-state index contributed by atoms with van der Waals surface area (Å²) in [5.74, 6) is 0.790. The largest absolute Gasteiger partial charge is 0.379 e. The predicted octanol–water partition coefficient (Wildman–Crippen LogP) is 3.04. The third-order valence-corrected chi connectivity index (χ3v) is 2.67. The molecule has 0 atom stereocenters. The fraction of sp³-hybridized carbons (Fsp3) is 1.00. The van der Waals surface area contributed by atoms with E-state index in [1.807, 2.05) is 7.11 Å². The van der Waals surface area contributed by atoms with Crippen LogP contribution in [0.4, 0.5) is 13.2 Å². The van der Waals surface area contributed by atoms with Gasteiger partial charge in [-0.1, -0.05) is 13.8 Å². The molecule has 0 bridgehead atoms. The SMILES string of the molecule is COC[N+]1(CC(C)C)CCCC1.FC(F)F. The van der Waals surface area contributed by atoms with E-state index in [0.717, 1.165) is 12.6 Å². The second-order valence-electron chi connectivity index (χ2n) is 4.74. The highest BCUT2D eigenvalue weighted by Gasteiger charge is 2.32. The maximum atomic E-state index is 9.67. The summed E-state index contributed by atoms with van der Waals surface area (Å²) in [7, 11) is 1.82. The molecule has 1 heterocycles. The van der Waals surface area contributed by atoms with Gasteiger partial charge in [0.1, 0.15) is 0 Å².